The zero-order valence-corrected chi connectivity index (χ0v) is 29.8. The van der Waals surface area contributed by atoms with Gasteiger partial charge in [-0.15, -0.1) is 0 Å². The Kier molecular flexibility index (Phi) is 11.1. The van der Waals surface area contributed by atoms with Gasteiger partial charge in [0.1, 0.15) is 11.5 Å². The topological polar surface area (TPSA) is 64.5 Å². The Bertz CT molecular complexity index is 1470. The smallest absolute Gasteiger partial charge is 0.133 e. The summed E-state index contributed by atoms with van der Waals surface area (Å²) >= 11 is 3.23. The third kappa shape index (κ3) is 8.92. The predicted octanol–water partition coefficient (Wildman–Crippen LogP) is 10.2. The molecular formula is C40H50N2O2S2. The lowest BCUT2D eigenvalue weighted by molar-refractivity contribution is 0.279. The highest BCUT2D eigenvalue weighted by Gasteiger charge is 2.27. The molecule has 0 spiro atoms. The molecule has 0 heterocycles. The number of benzene rings is 4. The molecule has 1 fully saturated rings. The molecule has 0 amide bonds. The molecule has 4 aromatic rings. The number of nitrogens with one attached hydrogen (secondary N) is 2. The number of phenolic OH excluding ortho intramolecular Hbond substituents is 2. The van der Waals surface area contributed by atoms with Gasteiger partial charge < -0.3 is 20.8 Å². The molecule has 1 aliphatic rings. The minimum atomic E-state index is -0.0371. The van der Waals surface area contributed by atoms with Gasteiger partial charge in [0, 0.05) is 46.1 Å². The lowest BCUT2D eigenvalue weighted by Crippen LogP contribution is -2.49. The van der Waals surface area contributed by atoms with Crippen molar-refractivity contribution < 1.29 is 10.2 Å². The molecule has 4 N–H and O–H groups in total. The van der Waals surface area contributed by atoms with E-state index in [0.29, 0.717) is 24.6 Å². The highest BCUT2D eigenvalue weighted by Crippen LogP contribution is 2.41. The predicted molar refractivity (Wildman–Crippen MR) is 194 cm³/mol. The molecule has 1 saturated carbocycles. The summed E-state index contributed by atoms with van der Waals surface area (Å²) in [5.74, 6) is 0.726. The normalized spacial score (nSPS) is 17.3. The van der Waals surface area contributed by atoms with Gasteiger partial charge in [-0.25, -0.2) is 0 Å². The summed E-state index contributed by atoms with van der Waals surface area (Å²) in [5.41, 5.74) is 4.24. The van der Waals surface area contributed by atoms with Crippen LogP contribution in [0.5, 0.6) is 11.5 Å². The van der Waals surface area contributed by atoms with E-state index in [1.54, 1.807) is 23.5 Å². The molecule has 0 aliphatic heterocycles. The van der Waals surface area contributed by atoms with Crippen molar-refractivity contribution >= 4 is 23.5 Å². The van der Waals surface area contributed by atoms with E-state index in [0.717, 1.165) is 43.6 Å². The summed E-state index contributed by atoms with van der Waals surface area (Å²) in [6, 6.07) is 29.7. The van der Waals surface area contributed by atoms with Crippen LogP contribution in [-0.2, 0) is 23.9 Å². The maximum Gasteiger partial charge on any atom is 0.133 e. The molecule has 4 aromatic carbocycles. The fourth-order valence-electron chi connectivity index (χ4n) is 5.95. The summed E-state index contributed by atoms with van der Waals surface area (Å²) in [6.07, 6.45) is 4.52. The van der Waals surface area contributed by atoms with E-state index in [2.05, 4.69) is 101 Å². The molecular weight excluding hydrogens is 605 g/mol. The van der Waals surface area contributed by atoms with Crippen LogP contribution in [0.3, 0.4) is 0 Å². The summed E-state index contributed by atoms with van der Waals surface area (Å²) in [4.78, 5) is 4.02. The van der Waals surface area contributed by atoms with Gasteiger partial charge in [-0.1, -0.05) is 126 Å². The Morgan fingerprint density at radius 1 is 0.587 bits per heavy atom. The van der Waals surface area contributed by atoms with Gasteiger partial charge in [0.25, 0.3) is 0 Å². The van der Waals surface area contributed by atoms with Crippen LogP contribution in [0.4, 0.5) is 0 Å². The Morgan fingerprint density at radius 2 is 0.957 bits per heavy atom. The monoisotopic (exact) mass is 654 g/mol. The minimum Gasteiger partial charge on any atom is -0.506 e. The number of hydrogen-bond donors (Lipinski definition) is 4. The van der Waals surface area contributed by atoms with Crippen molar-refractivity contribution in [1.29, 1.82) is 0 Å². The Morgan fingerprint density at radius 3 is 1.30 bits per heavy atom. The maximum atomic E-state index is 11.4. The van der Waals surface area contributed by atoms with Crippen LogP contribution in [0.15, 0.2) is 105 Å². The van der Waals surface area contributed by atoms with Crippen LogP contribution in [0.2, 0.25) is 0 Å². The van der Waals surface area contributed by atoms with Crippen LogP contribution < -0.4 is 10.6 Å². The molecule has 2 atom stereocenters. The SMILES string of the molecule is CC(C)(C)c1cc(CNC2CCCCC2NCc2cc(C(C)(C)C)cc(Sc3ccccc3)c2O)c(O)c(Sc2ccccc2)c1. The van der Waals surface area contributed by atoms with Gasteiger partial charge in [0.05, 0.1) is 9.79 Å². The number of phenols is 2. The highest BCUT2D eigenvalue weighted by molar-refractivity contribution is 7.99. The number of hydrogen-bond acceptors (Lipinski definition) is 6. The van der Waals surface area contributed by atoms with Crippen molar-refractivity contribution in [2.45, 2.75) is 123 Å². The fraction of sp³-hybridized carbons (Fsp3) is 0.400. The Hall–Kier alpha value is -2.90. The molecule has 2 unspecified atom stereocenters. The van der Waals surface area contributed by atoms with Crippen LogP contribution in [0.1, 0.15) is 89.5 Å². The minimum absolute atomic E-state index is 0.0371. The van der Waals surface area contributed by atoms with E-state index < -0.39 is 0 Å². The fourth-order valence-corrected chi connectivity index (χ4v) is 7.88. The van der Waals surface area contributed by atoms with Crippen molar-refractivity contribution in [2.75, 3.05) is 0 Å². The van der Waals surface area contributed by atoms with Gasteiger partial charge >= 0.3 is 0 Å². The molecule has 0 aromatic heterocycles. The van der Waals surface area contributed by atoms with Crippen LogP contribution in [0.25, 0.3) is 0 Å². The summed E-state index contributed by atoms with van der Waals surface area (Å²) in [5, 5.41) is 30.5. The first-order valence-corrected chi connectivity index (χ1v) is 18.2. The third-order valence-corrected chi connectivity index (χ3v) is 10.9. The summed E-state index contributed by atoms with van der Waals surface area (Å²) < 4.78 is 0. The summed E-state index contributed by atoms with van der Waals surface area (Å²) in [6.45, 7) is 14.5. The standard InChI is InChI=1S/C40H50N2O2S2/c1-39(2,3)29-21-27(37(43)35(23-29)45-31-15-9-7-10-16-31)25-41-33-19-13-14-20-34(33)42-26-28-22-30(40(4,5)6)24-36(38(28)44)46-32-17-11-8-12-18-32/h7-12,15-18,21-24,33-34,41-44H,13-14,19-20,25-26H2,1-6H3. The van der Waals surface area contributed by atoms with E-state index in [1.165, 1.54) is 24.0 Å². The van der Waals surface area contributed by atoms with Crippen LogP contribution in [-0.4, -0.2) is 22.3 Å². The van der Waals surface area contributed by atoms with E-state index in [9.17, 15) is 10.2 Å². The zero-order chi connectivity index (χ0) is 32.9. The maximum absolute atomic E-state index is 11.4. The van der Waals surface area contributed by atoms with Gasteiger partial charge in [0.2, 0.25) is 0 Å². The third-order valence-electron chi connectivity index (χ3n) is 8.86. The Balaban J connectivity index is 1.33. The Labute approximate surface area is 284 Å². The van der Waals surface area contributed by atoms with Gasteiger partial charge in [-0.3, -0.25) is 0 Å². The molecule has 1 aliphatic carbocycles. The van der Waals surface area contributed by atoms with Crippen molar-refractivity contribution in [2.24, 2.45) is 0 Å². The van der Waals surface area contributed by atoms with Crippen molar-refractivity contribution in [3.63, 3.8) is 0 Å². The zero-order valence-electron chi connectivity index (χ0n) is 28.2. The van der Waals surface area contributed by atoms with E-state index in [4.69, 9.17) is 0 Å². The van der Waals surface area contributed by atoms with E-state index in [1.807, 2.05) is 36.4 Å². The van der Waals surface area contributed by atoms with E-state index >= 15 is 0 Å². The molecule has 4 nitrogen and oxygen atoms in total. The van der Waals surface area contributed by atoms with Crippen molar-refractivity contribution in [1.82, 2.24) is 10.6 Å². The van der Waals surface area contributed by atoms with E-state index in [-0.39, 0.29) is 22.9 Å². The van der Waals surface area contributed by atoms with Gasteiger partial charge in [-0.2, -0.15) is 0 Å². The first-order valence-electron chi connectivity index (χ1n) is 16.5. The van der Waals surface area contributed by atoms with Gasteiger partial charge in [0.15, 0.2) is 0 Å². The molecule has 5 rings (SSSR count). The molecule has 244 valence electrons. The lowest BCUT2D eigenvalue weighted by atomic mass is 9.85. The van der Waals surface area contributed by atoms with Crippen molar-refractivity contribution in [3.05, 3.63) is 107 Å². The average molecular weight is 655 g/mol. The molecule has 0 saturated heterocycles. The summed E-state index contributed by atoms with van der Waals surface area (Å²) in [7, 11) is 0. The highest BCUT2D eigenvalue weighted by atomic mass is 32.2. The first-order chi connectivity index (χ1) is 21.9. The average Bonchev–Trinajstić information content (AvgIpc) is 3.02. The lowest BCUT2D eigenvalue weighted by Gasteiger charge is -2.34. The second kappa shape index (κ2) is 14.9. The largest absolute Gasteiger partial charge is 0.506 e. The molecule has 0 radical (unpaired) electrons. The second-order valence-electron chi connectivity index (χ2n) is 14.6. The van der Waals surface area contributed by atoms with Crippen molar-refractivity contribution in [3.8, 4) is 11.5 Å². The van der Waals surface area contributed by atoms with Gasteiger partial charge in [-0.05, 0) is 71.2 Å². The number of aromatic hydroxyl groups is 2. The molecule has 0 bridgehead atoms. The molecule has 6 heteroatoms. The second-order valence-corrected chi connectivity index (χ2v) is 16.8. The quantitative estimate of drug-likeness (QED) is 0.137. The van der Waals surface area contributed by atoms with Crippen LogP contribution in [0, 0.1) is 0 Å². The molecule has 46 heavy (non-hydrogen) atoms. The first kappa shape index (κ1) is 34.4. The number of rotatable bonds is 10. The van der Waals surface area contributed by atoms with Crippen LogP contribution >= 0.6 is 23.5 Å².